The van der Waals surface area contributed by atoms with E-state index in [-0.39, 0.29) is 0 Å². The SMILES string of the molecule is O=S(=O)(c1ccc(Cl)s1)N1CCN(C2CCCCCC2)CC1. The number of nitrogens with zero attached hydrogens (tertiary/aromatic N) is 2. The van der Waals surface area contributed by atoms with Crippen LogP contribution in [0.2, 0.25) is 4.34 Å². The molecule has 1 aliphatic carbocycles. The number of hydrogen-bond donors (Lipinski definition) is 0. The fourth-order valence-corrected chi connectivity index (χ4v) is 6.55. The van der Waals surface area contributed by atoms with Gasteiger partial charge in [-0.05, 0) is 25.0 Å². The van der Waals surface area contributed by atoms with Crippen molar-refractivity contribution in [3.05, 3.63) is 16.5 Å². The maximum Gasteiger partial charge on any atom is 0.252 e. The van der Waals surface area contributed by atoms with Crippen LogP contribution in [0.15, 0.2) is 16.3 Å². The van der Waals surface area contributed by atoms with Gasteiger partial charge < -0.3 is 0 Å². The first-order chi connectivity index (χ1) is 10.6. The Morgan fingerprint density at radius 3 is 2.18 bits per heavy atom. The van der Waals surface area contributed by atoms with Crippen molar-refractivity contribution in [1.29, 1.82) is 0 Å². The summed E-state index contributed by atoms with van der Waals surface area (Å²) in [6.45, 7) is 2.88. The van der Waals surface area contributed by atoms with E-state index in [1.807, 2.05) is 0 Å². The highest BCUT2D eigenvalue weighted by atomic mass is 35.5. The summed E-state index contributed by atoms with van der Waals surface area (Å²) < 4.78 is 27.7. The number of piperazine rings is 1. The lowest BCUT2D eigenvalue weighted by Crippen LogP contribution is -2.51. The summed E-state index contributed by atoms with van der Waals surface area (Å²) in [6, 6.07) is 3.92. The Morgan fingerprint density at radius 2 is 1.64 bits per heavy atom. The van der Waals surface area contributed by atoms with E-state index in [4.69, 9.17) is 11.6 Å². The normalized spacial score (nSPS) is 23.5. The second kappa shape index (κ2) is 7.18. The molecule has 0 unspecified atom stereocenters. The van der Waals surface area contributed by atoms with Gasteiger partial charge in [0.25, 0.3) is 10.0 Å². The maximum absolute atomic E-state index is 12.6. The van der Waals surface area contributed by atoms with Crippen molar-refractivity contribution in [2.45, 2.75) is 48.8 Å². The highest BCUT2D eigenvalue weighted by Gasteiger charge is 2.31. The number of sulfonamides is 1. The average molecular weight is 363 g/mol. The lowest BCUT2D eigenvalue weighted by Gasteiger charge is -2.38. The van der Waals surface area contributed by atoms with Gasteiger partial charge in [-0.2, -0.15) is 4.31 Å². The predicted octanol–water partition coefficient (Wildman–Crippen LogP) is 3.43. The molecule has 4 nitrogen and oxygen atoms in total. The average Bonchev–Trinajstić information content (AvgIpc) is 2.80. The van der Waals surface area contributed by atoms with E-state index in [9.17, 15) is 8.42 Å². The smallest absolute Gasteiger partial charge is 0.252 e. The van der Waals surface area contributed by atoms with Gasteiger partial charge in [0, 0.05) is 32.2 Å². The zero-order valence-corrected chi connectivity index (χ0v) is 15.1. The molecule has 0 bridgehead atoms. The van der Waals surface area contributed by atoms with Gasteiger partial charge in [0.2, 0.25) is 0 Å². The van der Waals surface area contributed by atoms with Gasteiger partial charge in [0.05, 0.1) is 4.34 Å². The van der Waals surface area contributed by atoms with E-state index in [1.54, 1.807) is 16.4 Å². The van der Waals surface area contributed by atoms with Gasteiger partial charge in [0.15, 0.2) is 0 Å². The molecule has 3 rings (SSSR count). The maximum atomic E-state index is 12.6. The van der Waals surface area contributed by atoms with Crippen LogP contribution >= 0.6 is 22.9 Å². The molecule has 2 fully saturated rings. The van der Waals surface area contributed by atoms with Gasteiger partial charge in [0.1, 0.15) is 4.21 Å². The van der Waals surface area contributed by atoms with Gasteiger partial charge in [-0.3, -0.25) is 4.90 Å². The topological polar surface area (TPSA) is 40.6 Å². The summed E-state index contributed by atoms with van der Waals surface area (Å²) in [5.74, 6) is 0. The Morgan fingerprint density at radius 1 is 1.00 bits per heavy atom. The van der Waals surface area contributed by atoms with Crippen LogP contribution in [-0.4, -0.2) is 49.8 Å². The van der Waals surface area contributed by atoms with Crippen LogP contribution in [0.25, 0.3) is 0 Å². The lowest BCUT2D eigenvalue weighted by molar-refractivity contribution is 0.126. The Kier molecular flexibility index (Phi) is 5.45. The monoisotopic (exact) mass is 362 g/mol. The number of hydrogen-bond acceptors (Lipinski definition) is 4. The minimum absolute atomic E-state index is 0.361. The van der Waals surface area contributed by atoms with Crippen molar-refractivity contribution in [3.8, 4) is 0 Å². The van der Waals surface area contributed by atoms with Gasteiger partial charge in [-0.15, -0.1) is 11.3 Å². The van der Waals surface area contributed by atoms with Crippen LogP contribution in [0.3, 0.4) is 0 Å². The van der Waals surface area contributed by atoms with E-state index in [1.165, 1.54) is 38.5 Å². The van der Waals surface area contributed by atoms with Gasteiger partial charge >= 0.3 is 0 Å². The summed E-state index contributed by atoms with van der Waals surface area (Å²) in [7, 11) is -3.36. The molecule has 7 heteroatoms. The molecule has 124 valence electrons. The fourth-order valence-electron chi connectivity index (χ4n) is 3.50. The van der Waals surface area contributed by atoms with Crippen LogP contribution in [0, 0.1) is 0 Å². The van der Waals surface area contributed by atoms with Gasteiger partial charge in [-0.1, -0.05) is 37.3 Å². The molecule has 1 saturated heterocycles. The summed E-state index contributed by atoms with van der Waals surface area (Å²) in [6.07, 6.45) is 7.88. The highest BCUT2D eigenvalue weighted by molar-refractivity contribution is 7.91. The third-order valence-corrected chi connectivity index (χ3v) is 8.35. The number of rotatable bonds is 3. The Labute approximate surface area is 142 Å². The van der Waals surface area contributed by atoms with Crippen molar-refractivity contribution in [1.82, 2.24) is 9.21 Å². The van der Waals surface area contributed by atoms with Crippen molar-refractivity contribution in [3.63, 3.8) is 0 Å². The summed E-state index contributed by atoms with van der Waals surface area (Å²) in [5, 5.41) is 0. The molecule has 1 saturated carbocycles. The third kappa shape index (κ3) is 3.67. The second-order valence-corrected chi connectivity index (χ2v) is 10.0. The molecule has 0 spiro atoms. The first-order valence-corrected chi connectivity index (χ1v) is 10.7. The van der Waals surface area contributed by atoms with Crippen LogP contribution < -0.4 is 0 Å². The van der Waals surface area contributed by atoms with Gasteiger partial charge in [-0.25, -0.2) is 8.42 Å². The van der Waals surface area contributed by atoms with Crippen molar-refractivity contribution in [2.75, 3.05) is 26.2 Å². The molecule has 2 aliphatic rings. The van der Waals surface area contributed by atoms with E-state index >= 15 is 0 Å². The first-order valence-electron chi connectivity index (χ1n) is 8.07. The van der Waals surface area contributed by atoms with E-state index in [0.29, 0.717) is 27.7 Å². The minimum atomic E-state index is -3.36. The molecule has 1 aromatic heterocycles. The molecular formula is C15H23ClN2O2S2. The molecular weight excluding hydrogens is 340 g/mol. The van der Waals surface area contributed by atoms with Crippen LogP contribution in [-0.2, 0) is 10.0 Å². The minimum Gasteiger partial charge on any atom is -0.298 e. The van der Waals surface area contributed by atoms with Crippen LogP contribution in [0.1, 0.15) is 38.5 Å². The first kappa shape index (κ1) is 16.7. The molecule has 0 amide bonds. The summed E-state index contributed by atoms with van der Waals surface area (Å²) in [5.41, 5.74) is 0. The molecule has 2 heterocycles. The van der Waals surface area contributed by atoms with Crippen molar-refractivity contribution in [2.24, 2.45) is 0 Å². The second-order valence-electron chi connectivity index (χ2n) is 6.14. The molecule has 0 N–H and O–H groups in total. The zero-order chi connectivity index (χ0) is 15.6. The zero-order valence-electron chi connectivity index (χ0n) is 12.7. The standard InChI is InChI=1S/C15H23ClN2O2S2/c16-14-7-8-15(21-14)22(19,20)18-11-9-17(10-12-18)13-5-3-1-2-4-6-13/h7-8,13H,1-6,9-12H2. The highest BCUT2D eigenvalue weighted by Crippen LogP contribution is 2.29. The quantitative estimate of drug-likeness (QED) is 0.773. The van der Waals surface area contributed by atoms with Crippen molar-refractivity contribution >= 4 is 33.0 Å². The largest absolute Gasteiger partial charge is 0.298 e. The Balaban J connectivity index is 1.61. The van der Waals surface area contributed by atoms with Crippen LogP contribution in [0.4, 0.5) is 0 Å². The Hall–Kier alpha value is -0.140. The number of halogens is 1. The molecule has 0 radical (unpaired) electrons. The summed E-state index contributed by atoms with van der Waals surface area (Å²) in [4.78, 5) is 2.50. The Bertz CT molecular complexity index is 586. The fraction of sp³-hybridized carbons (Fsp3) is 0.733. The molecule has 22 heavy (non-hydrogen) atoms. The lowest BCUT2D eigenvalue weighted by atomic mass is 10.1. The molecule has 0 atom stereocenters. The summed E-state index contributed by atoms with van der Waals surface area (Å²) >= 11 is 7.02. The van der Waals surface area contributed by atoms with Crippen molar-refractivity contribution < 1.29 is 8.42 Å². The van der Waals surface area contributed by atoms with Crippen LogP contribution in [0.5, 0.6) is 0 Å². The predicted molar refractivity (Wildman–Crippen MR) is 91.2 cm³/mol. The third-order valence-electron chi connectivity index (χ3n) is 4.76. The van der Waals surface area contributed by atoms with E-state index in [2.05, 4.69) is 4.90 Å². The molecule has 1 aliphatic heterocycles. The van der Waals surface area contributed by atoms with E-state index < -0.39 is 10.0 Å². The molecule has 0 aromatic carbocycles. The number of thiophene rings is 1. The molecule has 1 aromatic rings. The van der Waals surface area contributed by atoms with E-state index in [0.717, 1.165) is 24.4 Å².